The Kier molecular flexibility index (Phi) is 2.48. The molecule has 62 valence electrons. The Morgan fingerprint density at radius 1 is 1.45 bits per heavy atom. The fourth-order valence-electron chi connectivity index (χ4n) is 1.44. The van der Waals surface area contributed by atoms with Crippen molar-refractivity contribution in [2.45, 2.75) is 33.6 Å². The molecule has 0 atom stereocenters. The predicted molar refractivity (Wildman–Crippen MR) is 46.0 cm³/mol. The monoisotopic (exact) mass is 154 g/mol. The number of allylic oxidation sites excluding steroid dienone is 4. The van der Waals surface area contributed by atoms with Crippen molar-refractivity contribution < 1.29 is 4.39 Å². The predicted octanol–water partition coefficient (Wildman–Crippen LogP) is 3.61. The van der Waals surface area contributed by atoms with Gasteiger partial charge in [-0.15, -0.1) is 0 Å². The van der Waals surface area contributed by atoms with E-state index in [9.17, 15) is 4.39 Å². The van der Waals surface area contributed by atoms with Gasteiger partial charge >= 0.3 is 0 Å². The first-order chi connectivity index (χ1) is 5.13. The van der Waals surface area contributed by atoms with Crippen LogP contribution in [0.3, 0.4) is 0 Å². The summed E-state index contributed by atoms with van der Waals surface area (Å²) in [6.45, 7) is 5.94. The van der Waals surface area contributed by atoms with E-state index in [1.54, 1.807) is 0 Å². The first-order valence-corrected chi connectivity index (χ1v) is 4.18. The molecule has 1 aliphatic carbocycles. The molecule has 0 nitrogen and oxygen atoms in total. The highest BCUT2D eigenvalue weighted by atomic mass is 19.1. The number of halogens is 1. The van der Waals surface area contributed by atoms with Crippen LogP contribution in [0.15, 0.2) is 23.0 Å². The molecule has 0 unspecified atom stereocenters. The topological polar surface area (TPSA) is 0 Å². The van der Waals surface area contributed by atoms with Gasteiger partial charge in [-0.1, -0.05) is 19.9 Å². The average molecular weight is 154 g/mol. The summed E-state index contributed by atoms with van der Waals surface area (Å²) < 4.78 is 13.3. The zero-order chi connectivity index (χ0) is 8.43. The molecule has 11 heavy (non-hydrogen) atoms. The number of hydrogen-bond acceptors (Lipinski definition) is 0. The lowest BCUT2D eigenvalue weighted by Crippen LogP contribution is -2.01. The minimum absolute atomic E-state index is 0.0336. The lowest BCUT2D eigenvalue weighted by molar-refractivity contribution is 0.575. The third-order valence-electron chi connectivity index (χ3n) is 2.19. The Morgan fingerprint density at radius 2 is 2.09 bits per heavy atom. The quantitative estimate of drug-likeness (QED) is 0.541. The molecule has 0 N–H and O–H groups in total. The van der Waals surface area contributed by atoms with Crippen molar-refractivity contribution in [1.82, 2.24) is 0 Å². The third kappa shape index (κ3) is 1.70. The van der Waals surface area contributed by atoms with Crippen molar-refractivity contribution in [3.63, 3.8) is 0 Å². The van der Waals surface area contributed by atoms with Gasteiger partial charge in [0.05, 0.1) is 0 Å². The van der Waals surface area contributed by atoms with Gasteiger partial charge in [0, 0.05) is 0 Å². The highest BCUT2D eigenvalue weighted by molar-refractivity contribution is 5.32. The molecule has 1 aliphatic rings. The first kappa shape index (κ1) is 8.51. The number of hydrogen-bond donors (Lipinski definition) is 0. The maximum Gasteiger partial charge on any atom is 0.125 e. The minimum Gasteiger partial charge on any atom is -0.207 e. The van der Waals surface area contributed by atoms with Gasteiger partial charge in [0.25, 0.3) is 0 Å². The van der Waals surface area contributed by atoms with Gasteiger partial charge in [-0.25, -0.2) is 4.39 Å². The Hall–Kier alpha value is -0.590. The van der Waals surface area contributed by atoms with Crippen LogP contribution >= 0.6 is 0 Å². The first-order valence-electron chi connectivity index (χ1n) is 4.18. The van der Waals surface area contributed by atoms with Crippen LogP contribution in [-0.4, -0.2) is 0 Å². The molecule has 0 aromatic rings. The van der Waals surface area contributed by atoms with Crippen molar-refractivity contribution in [3.8, 4) is 0 Å². The molecule has 0 saturated heterocycles. The lowest BCUT2D eigenvalue weighted by Gasteiger charge is -2.16. The summed E-state index contributed by atoms with van der Waals surface area (Å²) in [4.78, 5) is 0. The zero-order valence-electron chi connectivity index (χ0n) is 7.45. The van der Waals surface area contributed by atoms with E-state index in [0.29, 0.717) is 5.92 Å². The summed E-state index contributed by atoms with van der Waals surface area (Å²) in [6, 6.07) is 0. The zero-order valence-corrected chi connectivity index (χ0v) is 7.45. The second-order valence-electron chi connectivity index (χ2n) is 3.42. The van der Waals surface area contributed by atoms with Crippen LogP contribution in [0, 0.1) is 5.92 Å². The van der Waals surface area contributed by atoms with Crippen LogP contribution in [0.2, 0.25) is 0 Å². The largest absolute Gasteiger partial charge is 0.207 e. The third-order valence-corrected chi connectivity index (χ3v) is 2.19. The molecule has 1 rings (SSSR count). The van der Waals surface area contributed by atoms with Gasteiger partial charge < -0.3 is 0 Å². The SMILES string of the molecule is CC1=CCCC(C(C)C)=C1F. The Balaban J connectivity index is 2.91. The van der Waals surface area contributed by atoms with E-state index in [1.165, 1.54) is 0 Å². The van der Waals surface area contributed by atoms with E-state index in [4.69, 9.17) is 0 Å². The summed E-state index contributed by atoms with van der Waals surface area (Å²) in [6.07, 6.45) is 3.88. The summed E-state index contributed by atoms with van der Waals surface area (Å²) in [5.41, 5.74) is 1.81. The van der Waals surface area contributed by atoms with E-state index in [0.717, 1.165) is 24.0 Å². The molecule has 0 aliphatic heterocycles. The van der Waals surface area contributed by atoms with Crippen LogP contribution in [0.5, 0.6) is 0 Å². The van der Waals surface area contributed by atoms with E-state index in [2.05, 4.69) is 0 Å². The Labute approximate surface area is 67.8 Å². The summed E-state index contributed by atoms with van der Waals surface area (Å²) in [7, 11) is 0. The highest BCUT2D eigenvalue weighted by Crippen LogP contribution is 2.30. The summed E-state index contributed by atoms with van der Waals surface area (Å²) in [5, 5.41) is 0. The van der Waals surface area contributed by atoms with E-state index in [1.807, 2.05) is 26.8 Å². The molecule has 0 saturated carbocycles. The molecule has 0 fully saturated rings. The van der Waals surface area contributed by atoms with Gasteiger partial charge in [0.15, 0.2) is 0 Å². The van der Waals surface area contributed by atoms with E-state index >= 15 is 0 Å². The lowest BCUT2D eigenvalue weighted by atomic mass is 9.91. The van der Waals surface area contributed by atoms with Gasteiger partial charge in [0.1, 0.15) is 5.83 Å². The molecule has 1 heteroatoms. The van der Waals surface area contributed by atoms with Crippen LogP contribution in [0.4, 0.5) is 4.39 Å². The molecular formula is C10H15F. The standard InChI is InChI=1S/C10H15F/c1-7(2)9-6-4-5-8(3)10(9)11/h5,7H,4,6H2,1-3H3. The van der Waals surface area contributed by atoms with Crippen LogP contribution in [-0.2, 0) is 0 Å². The fraction of sp³-hybridized carbons (Fsp3) is 0.600. The molecule has 0 amide bonds. The van der Waals surface area contributed by atoms with Crippen molar-refractivity contribution in [1.29, 1.82) is 0 Å². The Morgan fingerprint density at radius 3 is 2.55 bits per heavy atom. The van der Waals surface area contributed by atoms with Gasteiger partial charge in [-0.3, -0.25) is 0 Å². The second kappa shape index (κ2) is 3.21. The fourth-order valence-corrected chi connectivity index (χ4v) is 1.44. The summed E-state index contributed by atoms with van der Waals surface area (Å²) >= 11 is 0. The van der Waals surface area contributed by atoms with Crippen molar-refractivity contribution in [2.24, 2.45) is 5.92 Å². The number of rotatable bonds is 1. The van der Waals surface area contributed by atoms with Gasteiger partial charge in [0.2, 0.25) is 0 Å². The molecule has 0 spiro atoms. The molecule has 0 bridgehead atoms. The molecule has 0 aromatic carbocycles. The van der Waals surface area contributed by atoms with E-state index in [-0.39, 0.29) is 5.83 Å². The maximum absolute atomic E-state index is 13.3. The second-order valence-corrected chi connectivity index (χ2v) is 3.42. The van der Waals surface area contributed by atoms with Crippen LogP contribution in [0.25, 0.3) is 0 Å². The molecule has 0 aromatic heterocycles. The smallest absolute Gasteiger partial charge is 0.125 e. The molecular weight excluding hydrogens is 139 g/mol. The van der Waals surface area contributed by atoms with Crippen LogP contribution in [0.1, 0.15) is 33.6 Å². The van der Waals surface area contributed by atoms with Gasteiger partial charge in [-0.2, -0.15) is 0 Å². The molecule has 0 heterocycles. The maximum atomic E-state index is 13.3. The summed E-state index contributed by atoms with van der Waals surface area (Å²) in [5.74, 6) is 0.393. The normalized spacial score (nSPS) is 19.2. The molecule has 0 radical (unpaired) electrons. The van der Waals surface area contributed by atoms with Crippen molar-refractivity contribution in [2.75, 3.05) is 0 Å². The minimum atomic E-state index is 0.0336. The van der Waals surface area contributed by atoms with Crippen LogP contribution < -0.4 is 0 Å². The van der Waals surface area contributed by atoms with Gasteiger partial charge in [-0.05, 0) is 36.8 Å². The highest BCUT2D eigenvalue weighted by Gasteiger charge is 2.14. The van der Waals surface area contributed by atoms with Crippen molar-refractivity contribution in [3.05, 3.63) is 23.0 Å². The van der Waals surface area contributed by atoms with Crippen molar-refractivity contribution >= 4 is 0 Å². The average Bonchev–Trinajstić information content (AvgIpc) is 1.94. The van der Waals surface area contributed by atoms with E-state index < -0.39 is 0 Å². The Bertz CT molecular complexity index is 209.